The van der Waals surface area contributed by atoms with Gasteiger partial charge in [0.2, 0.25) is 0 Å². The summed E-state index contributed by atoms with van der Waals surface area (Å²) in [6.45, 7) is 9.64. The van der Waals surface area contributed by atoms with Crippen molar-refractivity contribution in [3.8, 4) is 0 Å². The highest BCUT2D eigenvalue weighted by Gasteiger charge is 2.30. The van der Waals surface area contributed by atoms with E-state index >= 15 is 0 Å². The maximum absolute atomic E-state index is 12.7. The number of aromatic nitrogens is 2. The molecule has 2 unspecified atom stereocenters. The van der Waals surface area contributed by atoms with Gasteiger partial charge in [0.25, 0.3) is 5.91 Å². The number of carbonyl (C=O) groups excluding carboxylic acids is 1. The fraction of sp³-hybridized carbons (Fsp3) is 0.692. The first-order chi connectivity index (χ1) is 8.41. The zero-order chi connectivity index (χ0) is 13.4. The molecule has 1 fully saturated rings. The van der Waals surface area contributed by atoms with Crippen LogP contribution in [-0.4, -0.2) is 45.8 Å². The average molecular weight is 287 g/mol. The van der Waals surface area contributed by atoms with Gasteiger partial charge in [0.15, 0.2) is 0 Å². The zero-order valence-electron chi connectivity index (χ0n) is 12.2. The summed E-state index contributed by atoms with van der Waals surface area (Å²) in [6, 6.07) is 0.579. The van der Waals surface area contributed by atoms with Gasteiger partial charge in [-0.25, -0.2) is 0 Å². The average Bonchev–Trinajstić information content (AvgIpc) is 2.56. The van der Waals surface area contributed by atoms with Gasteiger partial charge in [-0.1, -0.05) is 0 Å². The molecule has 0 spiro atoms. The molecule has 1 aliphatic rings. The molecule has 0 radical (unpaired) electrons. The summed E-state index contributed by atoms with van der Waals surface area (Å²) in [4.78, 5) is 14.6. The molecule has 0 bridgehead atoms. The Bertz CT molecular complexity index is 471. The van der Waals surface area contributed by atoms with Gasteiger partial charge in [-0.05, 0) is 27.7 Å². The number of carbonyl (C=O) groups is 1. The fourth-order valence-corrected chi connectivity index (χ4v) is 2.53. The van der Waals surface area contributed by atoms with E-state index in [9.17, 15) is 4.79 Å². The molecule has 2 rings (SSSR count). The smallest absolute Gasteiger partial charge is 0.257 e. The van der Waals surface area contributed by atoms with Gasteiger partial charge in [0.05, 0.1) is 11.3 Å². The van der Waals surface area contributed by atoms with Gasteiger partial charge in [-0.2, -0.15) is 5.10 Å². The van der Waals surface area contributed by atoms with Gasteiger partial charge >= 0.3 is 0 Å². The van der Waals surface area contributed by atoms with Gasteiger partial charge in [0.1, 0.15) is 0 Å². The predicted molar refractivity (Wildman–Crippen MR) is 77.9 cm³/mol. The molecule has 6 heteroatoms. The van der Waals surface area contributed by atoms with E-state index in [4.69, 9.17) is 0 Å². The lowest BCUT2D eigenvalue weighted by molar-refractivity contribution is 0.0614. The van der Waals surface area contributed by atoms with E-state index in [-0.39, 0.29) is 24.4 Å². The van der Waals surface area contributed by atoms with Crippen molar-refractivity contribution in [2.24, 2.45) is 7.05 Å². The van der Waals surface area contributed by atoms with Gasteiger partial charge in [-0.3, -0.25) is 9.48 Å². The molecule has 0 aromatic carbocycles. The molecule has 1 amide bonds. The van der Waals surface area contributed by atoms with E-state index in [0.29, 0.717) is 6.04 Å². The molecule has 0 saturated carbocycles. The Balaban J connectivity index is 0.00000180. The highest BCUT2D eigenvalue weighted by atomic mass is 35.5. The lowest BCUT2D eigenvalue weighted by atomic mass is 10.1. The van der Waals surface area contributed by atoms with E-state index in [1.807, 2.05) is 25.8 Å². The molecule has 0 aliphatic carbocycles. The first-order valence-corrected chi connectivity index (χ1v) is 6.46. The van der Waals surface area contributed by atoms with Crippen molar-refractivity contribution in [2.75, 3.05) is 13.1 Å². The number of aryl methyl sites for hydroxylation is 2. The second kappa shape index (κ2) is 5.92. The molecule has 108 valence electrons. The molecule has 2 heterocycles. The summed E-state index contributed by atoms with van der Waals surface area (Å²) < 4.78 is 1.78. The quantitative estimate of drug-likeness (QED) is 0.846. The third-order valence-corrected chi connectivity index (χ3v) is 3.75. The lowest BCUT2D eigenvalue weighted by Gasteiger charge is -2.37. The predicted octanol–water partition coefficient (Wildman–Crippen LogP) is 1.28. The van der Waals surface area contributed by atoms with Crippen LogP contribution in [0.3, 0.4) is 0 Å². The summed E-state index contributed by atoms with van der Waals surface area (Å²) in [6.07, 6.45) is 0. The Morgan fingerprint density at radius 2 is 2.00 bits per heavy atom. The number of nitrogens with zero attached hydrogens (tertiary/aromatic N) is 3. The first-order valence-electron chi connectivity index (χ1n) is 6.46. The number of amides is 1. The Hall–Kier alpha value is -1.07. The van der Waals surface area contributed by atoms with Crippen molar-refractivity contribution in [1.82, 2.24) is 20.0 Å². The largest absolute Gasteiger partial charge is 0.333 e. The van der Waals surface area contributed by atoms with Crippen molar-refractivity contribution in [2.45, 2.75) is 39.8 Å². The lowest BCUT2D eigenvalue weighted by Crippen LogP contribution is -2.56. The van der Waals surface area contributed by atoms with Crippen LogP contribution in [0.4, 0.5) is 0 Å². The standard InChI is InChI=1S/C13H22N4O.ClH/c1-8-7-17(9(2)6-14-8)13(18)12-10(3)15-16(5)11(12)4;/h8-9,14H,6-7H2,1-5H3;1H. The van der Waals surface area contributed by atoms with Crippen LogP contribution in [0.25, 0.3) is 0 Å². The molecular weight excluding hydrogens is 264 g/mol. The topological polar surface area (TPSA) is 50.2 Å². The van der Waals surface area contributed by atoms with Crippen LogP contribution in [0.1, 0.15) is 35.6 Å². The van der Waals surface area contributed by atoms with Crippen LogP contribution in [0.15, 0.2) is 0 Å². The maximum atomic E-state index is 12.7. The van der Waals surface area contributed by atoms with Gasteiger partial charge in [0, 0.05) is 37.9 Å². The second-order valence-electron chi connectivity index (χ2n) is 5.29. The number of piperazine rings is 1. The SMILES string of the molecule is Cc1nn(C)c(C)c1C(=O)N1CC(C)NCC1C.Cl. The fourth-order valence-electron chi connectivity index (χ4n) is 2.53. The summed E-state index contributed by atoms with van der Waals surface area (Å²) in [7, 11) is 1.88. The minimum atomic E-state index is 0. The molecule has 2 atom stereocenters. The van der Waals surface area contributed by atoms with Crippen molar-refractivity contribution in [1.29, 1.82) is 0 Å². The Kier molecular flexibility index (Phi) is 4.98. The normalized spacial score (nSPS) is 23.1. The van der Waals surface area contributed by atoms with Crippen LogP contribution in [0, 0.1) is 13.8 Å². The number of nitrogens with one attached hydrogen (secondary N) is 1. The monoisotopic (exact) mass is 286 g/mol. The summed E-state index contributed by atoms with van der Waals surface area (Å²) in [5, 5.41) is 7.71. The number of hydrogen-bond acceptors (Lipinski definition) is 3. The zero-order valence-corrected chi connectivity index (χ0v) is 13.0. The van der Waals surface area contributed by atoms with Gasteiger partial charge < -0.3 is 10.2 Å². The van der Waals surface area contributed by atoms with Crippen molar-refractivity contribution >= 4 is 18.3 Å². The Morgan fingerprint density at radius 1 is 1.37 bits per heavy atom. The Morgan fingerprint density at radius 3 is 2.53 bits per heavy atom. The van der Waals surface area contributed by atoms with Crippen LogP contribution < -0.4 is 5.32 Å². The summed E-state index contributed by atoms with van der Waals surface area (Å²) in [5.41, 5.74) is 2.52. The van der Waals surface area contributed by atoms with E-state index in [0.717, 1.165) is 30.0 Å². The molecule has 1 aliphatic heterocycles. The van der Waals surface area contributed by atoms with Crippen LogP contribution in [0.2, 0.25) is 0 Å². The van der Waals surface area contributed by atoms with E-state index < -0.39 is 0 Å². The van der Waals surface area contributed by atoms with Crippen LogP contribution in [-0.2, 0) is 7.05 Å². The molecule has 5 nitrogen and oxygen atoms in total. The summed E-state index contributed by atoms with van der Waals surface area (Å²) >= 11 is 0. The Labute approximate surface area is 120 Å². The van der Waals surface area contributed by atoms with Crippen LogP contribution >= 0.6 is 12.4 Å². The van der Waals surface area contributed by atoms with E-state index in [1.54, 1.807) is 4.68 Å². The van der Waals surface area contributed by atoms with Crippen molar-refractivity contribution < 1.29 is 4.79 Å². The molecular formula is C13H23ClN4O. The van der Waals surface area contributed by atoms with Crippen LogP contribution in [0.5, 0.6) is 0 Å². The number of hydrogen-bond donors (Lipinski definition) is 1. The number of halogens is 1. The molecule has 1 aromatic rings. The highest BCUT2D eigenvalue weighted by Crippen LogP contribution is 2.18. The van der Waals surface area contributed by atoms with Crippen molar-refractivity contribution in [3.63, 3.8) is 0 Å². The van der Waals surface area contributed by atoms with E-state index in [1.165, 1.54) is 0 Å². The summed E-state index contributed by atoms with van der Waals surface area (Å²) in [5.74, 6) is 0.110. The van der Waals surface area contributed by atoms with E-state index in [2.05, 4.69) is 24.3 Å². The minimum Gasteiger partial charge on any atom is -0.333 e. The number of rotatable bonds is 1. The third-order valence-electron chi connectivity index (χ3n) is 3.75. The molecule has 1 aromatic heterocycles. The van der Waals surface area contributed by atoms with Crippen molar-refractivity contribution in [3.05, 3.63) is 17.0 Å². The molecule has 1 N–H and O–H groups in total. The maximum Gasteiger partial charge on any atom is 0.257 e. The molecule has 1 saturated heterocycles. The second-order valence-corrected chi connectivity index (χ2v) is 5.29. The highest BCUT2D eigenvalue weighted by molar-refractivity contribution is 5.96. The minimum absolute atomic E-state index is 0. The first kappa shape index (κ1) is 16.0. The third kappa shape index (κ3) is 2.92. The van der Waals surface area contributed by atoms with Gasteiger partial charge in [-0.15, -0.1) is 12.4 Å². The molecule has 19 heavy (non-hydrogen) atoms.